The second-order valence-corrected chi connectivity index (χ2v) is 12.1. The summed E-state index contributed by atoms with van der Waals surface area (Å²) < 4.78 is 1.84. The monoisotopic (exact) mass is 321 g/mol. The van der Waals surface area contributed by atoms with Gasteiger partial charge in [-0.25, -0.2) is 4.68 Å². The Balaban J connectivity index is 3.06. The molecule has 1 aromatic rings. The molecular weight excluding hydrogens is 290 g/mol. The van der Waals surface area contributed by atoms with Crippen LogP contribution in [0.5, 0.6) is 0 Å². The van der Waals surface area contributed by atoms with Gasteiger partial charge in [-0.15, -0.1) is 10.6 Å². The van der Waals surface area contributed by atoms with Gasteiger partial charge in [0.2, 0.25) is 0 Å². The Morgan fingerprint density at radius 3 is 2.27 bits per heavy atom. The van der Waals surface area contributed by atoms with E-state index in [1.54, 1.807) is 0 Å². The number of hydrogen-bond donors (Lipinski definition) is 1. The molecule has 0 saturated heterocycles. The largest absolute Gasteiger partial charge is 0.386 e. The first kappa shape index (κ1) is 18.9. The molecule has 1 N–H and O–H groups in total. The second-order valence-electron chi connectivity index (χ2n) is 7.30. The van der Waals surface area contributed by atoms with Crippen LogP contribution < -0.4 is 0 Å². The van der Waals surface area contributed by atoms with Gasteiger partial charge in [0.25, 0.3) is 0 Å². The molecule has 0 fully saturated rings. The maximum absolute atomic E-state index is 10.3. The van der Waals surface area contributed by atoms with Crippen molar-refractivity contribution in [2.45, 2.75) is 72.3 Å². The molecule has 0 saturated carbocycles. The zero-order valence-corrected chi connectivity index (χ0v) is 16.1. The van der Waals surface area contributed by atoms with E-state index in [2.05, 4.69) is 62.2 Å². The highest BCUT2D eigenvalue weighted by atomic mass is 28.3. The average Bonchev–Trinajstić information content (AvgIpc) is 2.93. The van der Waals surface area contributed by atoms with Crippen LogP contribution in [0.1, 0.15) is 58.4 Å². The van der Waals surface area contributed by atoms with Gasteiger partial charge in [-0.3, -0.25) is 0 Å². The fourth-order valence-electron chi connectivity index (χ4n) is 2.06. The molecule has 1 rings (SSSR count). The van der Waals surface area contributed by atoms with Crippen LogP contribution >= 0.6 is 0 Å². The molecule has 0 amide bonds. The first-order valence-corrected chi connectivity index (χ1v) is 11.8. The van der Waals surface area contributed by atoms with E-state index in [4.69, 9.17) is 0 Å². The van der Waals surface area contributed by atoms with Gasteiger partial charge in [-0.05, 0) is 11.8 Å². The first-order chi connectivity index (χ1) is 10.2. The Morgan fingerprint density at radius 1 is 1.18 bits per heavy atom. The lowest BCUT2D eigenvalue weighted by Crippen LogP contribution is -2.20. The van der Waals surface area contributed by atoms with E-state index in [1.165, 1.54) is 0 Å². The van der Waals surface area contributed by atoms with Gasteiger partial charge in [0, 0.05) is 0 Å². The zero-order chi connectivity index (χ0) is 16.9. The molecule has 0 radical (unpaired) electrons. The fourth-order valence-corrected chi connectivity index (χ4v) is 2.64. The molecule has 0 aliphatic carbocycles. The van der Waals surface area contributed by atoms with E-state index in [-0.39, 0.29) is 12.0 Å². The van der Waals surface area contributed by atoms with E-state index >= 15 is 0 Å². The first-order valence-electron chi connectivity index (χ1n) is 8.32. The van der Waals surface area contributed by atoms with E-state index in [0.29, 0.717) is 11.6 Å². The van der Waals surface area contributed by atoms with Gasteiger partial charge in [0.05, 0.1) is 6.20 Å². The third-order valence-electron chi connectivity index (χ3n) is 4.08. The molecule has 1 aromatic heterocycles. The van der Waals surface area contributed by atoms with Crippen molar-refractivity contribution in [2.24, 2.45) is 11.8 Å². The smallest absolute Gasteiger partial charge is 0.129 e. The SMILES string of the molecule is CCC(C)C(O)c1cn(C(C#C[Si](C)(C)C)C(C)CC)nn1. The van der Waals surface area contributed by atoms with Crippen LogP contribution in [0.2, 0.25) is 19.6 Å². The molecule has 4 atom stereocenters. The molecule has 124 valence electrons. The highest BCUT2D eigenvalue weighted by Crippen LogP contribution is 2.25. The third kappa shape index (κ3) is 5.26. The quantitative estimate of drug-likeness (QED) is 0.640. The van der Waals surface area contributed by atoms with Crippen LogP contribution in [0.4, 0.5) is 0 Å². The van der Waals surface area contributed by atoms with Crippen molar-refractivity contribution >= 4 is 8.07 Å². The Kier molecular flexibility index (Phi) is 6.83. The highest BCUT2D eigenvalue weighted by molar-refractivity contribution is 6.83. The summed E-state index contributed by atoms with van der Waals surface area (Å²) in [7, 11) is -1.42. The van der Waals surface area contributed by atoms with Crippen molar-refractivity contribution in [1.29, 1.82) is 0 Å². The van der Waals surface area contributed by atoms with Crippen LogP contribution in [0.3, 0.4) is 0 Å². The standard InChI is InChI=1S/C17H31N3OSi/c1-8-13(3)16(10-11-22(5,6)7)20-12-15(18-19-20)17(21)14(4)9-2/h12-14,16-17,21H,8-9H2,1-7H3. The predicted molar refractivity (Wildman–Crippen MR) is 94.1 cm³/mol. The number of hydrogen-bond acceptors (Lipinski definition) is 3. The molecular formula is C17H31N3OSi. The van der Waals surface area contributed by atoms with Crippen molar-refractivity contribution < 1.29 is 5.11 Å². The van der Waals surface area contributed by atoms with Crippen LogP contribution in [0, 0.1) is 23.3 Å². The van der Waals surface area contributed by atoms with Gasteiger partial charge < -0.3 is 5.11 Å². The number of rotatable bonds is 6. The maximum atomic E-state index is 10.3. The Hall–Kier alpha value is -1.12. The molecule has 0 aliphatic rings. The minimum absolute atomic E-state index is 0.0297. The molecule has 0 aromatic carbocycles. The average molecular weight is 322 g/mol. The summed E-state index contributed by atoms with van der Waals surface area (Å²) in [5.74, 6) is 4.00. The van der Waals surface area contributed by atoms with E-state index < -0.39 is 14.2 Å². The summed E-state index contributed by atoms with van der Waals surface area (Å²) in [5.41, 5.74) is 4.10. The molecule has 4 nitrogen and oxygen atoms in total. The van der Waals surface area contributed by atoms with Crippen molar-refractivity contribution in [3.05, 3.63) is 11.9 Å². The molecule has 5 heteroatoms. The van der Waals surface area contributed by atoms with Crippen molar-refractivity contribution in [1.82, 2.24) is 15.0 Å². The minimum atomic E-state index is -1.42. The van der Waals surface area contributed by atoms with Crippen LogP contribution in [-0.4, -0.2) is 28.2 Å². The van der Waals surface area contributed by atoms with E-state index in [9.17, 15) is 5.11 Å². The number of nitrogens with zero attached hydrogens (tertiary/aromatic N) is 3. The van der Waals surface area contributed by atoms with Gasteiger partial charge >= 0.3 is 0 Å². The summed E-state index contributed by atoms with van der Waals surface area (Å²) in [4.78, 5) is 0. The Labute approximate surface area is 136 Å². The minimum Gasteiger partial charge on any atom is -0.386 e. The second kappa shape index (κ2) is 7.93. The molecule has 4 unspecified atom stereocenters. The van der Waals surface area contributed by atoms with Crippen LogP contribution in [0.15, 0.2) is 6.20 Å². The van der Waals surface area contributed by atoms with E-state index in [1.807, 2.05) is 17.8 Å². The summed E-state index contributed by atoms with van der Waals surface area (Å²) >= 11 is 0. The van der Waals surface area contributed by atoms with Gasteiger partial charge in [0.15, 0.2) is 0 Å². The van der Waals surface area contributed by atoms with Gasteiger partial charge in [-0.2, -0.15) is 0 Å². The molecule has 0 bridgehead atoms. The Morgan fingerprint density at radius 2 is 1.77 bits per heavy atom. The maximum Gasteiger partial charge on any atom is 0.129 e. The van der Waals surface area contributed by atoms with E-state index in [0.717, 1.165) is 12.8 Å². The molecule has 22 heavy (non-hydrogen) atoms. The summed E-state index contributed by atoms with van der Waals surface area (Å²) in [6, 6.07) is 0.0297. The molecule has 0 spiro atoms. The van der Waals surface area contributed by atoms with Gasteiger partial charge in [0.1, 0.15) is 25.9 Å². The van der Waals surface area contributed by atoms with Crippen LogP contribution in [0.25, 0.3) is 0 Å². The summed E-state index contributed by atoms with van der Waals surface area (Å²) in [5, 5.41) is 18.7. The van der Waals surface area contributed by atoms with Crippen LogP contribution in [-0.2, 0) is 0 Å². The number of aliphatic hydroxyl groups is 1. The summed E-state index contributed by atoms with van der Waals surface area (Å²) in [6.07, 6.45) is 3.26. The lowest BCUT2D eigenvalue weighted by Gasteiger charge is -2.18. The van der Waals surface area contributed by atoms with Crippen molar-refractivity contribution in [3.8, 4) is 11.5 Å². The molecule has 1 heterocycles. The molecule has 0 aliphatic heterocycles. The number of aromatic nitrogens is 3. The lowest BCUT2D eigenvalue weighted by atomic mass is 9.99. The number of aliphatic hydroxyl groups excluding tert-OH is 1. The topological polar surface area (TPSA) is 50.9 Å². The fraction of sp³-hybridized carbons (Fsp3) is 0.765. The van der Waals surface area contributed by atoms with Crippen molar-refractivity contribution in [3.63, 3.8) is 0 Å². The van der Waals surface area contributed by atoms with Crippen molar-refractivity contribution in [2.75, 3.05) is 0 Å². The predicted octanol–water partition coefficient (Wildman–Crippen LogP) is 3.83. The summed E-state index contributed by atoms with van der Waals surface area (Å²) in [6.45, 7) is 15.2. The lowest BCUT2D eigenvalue weighted by molar-refractivity contribution is 0.111. The zero-order valence-electron chi connectivity index (χ0n) is 15.1. The Bertz CT molecular complexity index is 524. The van der Waals surface area contributed by atoms with Gasteiger partial charge in [-0.1, -0.05) is 71.3 Å². The third-order valence-corrected chi connectivity index (χ3v) is 4.97. The normalized spacial score (nSPS) is 17.3. The highest BCUT2D eigenvalue weighted by Gasteiger charge is 2.22.